The number of nitrogens with one attached hydrogen (secondary N) is 1. The van der Waals surface area contributed by atoms with E-state index in [1.165, 1.54) is 12.8 Å². The normalized spacial score (nSPS) is 15.0. The highest BCUT2D eigenvalue weighted by molar-refractivity contribution is 6.31. The predicted octanol–water partition coefficient (Wildman–Crippen LogP) is 5.28. The van der Waals surface area contributed by atoms with Gasteiger partial charge in [-0.2, -0.15) is 0 Å². The lowest BCUT2D eigenvalue weighted by molar-refractivity contribution is 0.0971. The van der Waals surface area contributed by atoms with Gasteiger partial charge in [-0.15, -0.1) is 0 Å². The second kappa shape index (κ2) is 6.69. The van der Waals surface area contributed by atoms with Gasteiger partial charge in [-0.3, -0.25) is 4.79 Å². The molecule has 1 saturated carbocycles. The number of anilines is 1. The van der Waals surface area contributed by atoms with Gasteiger partial charge in [-0.25, -0.2) is 0 Å². The zero-order chi connectivity index (χ0) is 18.3. The molecule has 1 heterocycles. The number of carbonyl (C=O) groups is 1. The standard InChI is InChI=1S/C21H21ClN2O2/c1-13(14-3-4-14)24(17-6-8-18(26-2)9-7-17)21(25)20-12-15-11-16(22)5-10-19(15)23-20/h5-14,23H,3-4H2,1-2H3. The van der Waals surface area contributed by atoms with E-state index in [0.717, 1.165) is 22.3 Å². The molecule has 1 N–H and O–H groups in total. The first-order chi connectivity index (χ1) is 12.6. The maximum absolute atomic E-state index is 13.4. The highest BCUT2D eigenvalue weighted by Gasteiger charge is 2.36. The average molecular weight is 369 g/mol. The second-order valence-electron chi connectivity index (χ2n) is 6.87. The molecule has 1 aliphatic rings. The van der Waals surface area contributed by atoms with Crippen LogP contribution in [-0.4, -0.2) is 24.0 Å². The van der Waals surface area contributed by atoms with Gasteiger partial charge in [-0.1, -0.05) is 11.6 Å². The van der Waals surface area contributed by atoms with E-state index in [9.17, 15) is 4.79 Å². The number of nitrogens with zero attached hydrogens (tertiary/aromatic N) is 1. The Kier molecular flexibility index (Phi) is 4.37. The van der Waals surface area contributed by atoms with Gasteiger partial charge in [0.25, 0.3) is 5.91 Å². The number of aromatic nitrogens is 1. The van der Waals surface area contributed by atoms with Crippen LogP contribution in [0.3, 0.4) is 0 Å². The molecule has 4 rings (SSSR count). The van der Waals surface area contributed by atoms with Crippen LogP contribution in [0, 0.1) is 5.92 Å². The van der Waals surface area contributed by atoms with Crippen LogP contribution in [0.25, 0.3) is 10.9 Å². The lowest BCUT2D eigenvalue weighted by Crippen LogP contribution is -2.40. The first kappa shape index (κ1) is 17.0. The summed E-state index contributed by atoms with van der Waals surface area (Å²) in [6.45, 7) is 2.12. The number of ether oxygens (including phenoxy) is 1. The van der Waals surface area contributed by atoms with Crippen LogP contribution >= 0.6 is 11.6 Å². The van der Waals surface area contributed by atoms with Crippen LogP contribution in [0.15, 0.2) is 48.5 Å². The number of hydrogen-bond donors (Lipinski definition) is 1. The van der Waals surface area contributed by atoms with E-state index in [0.29, 0.717) is 16.6 Å². The van der Waals surface area contributed by atoms with Crippen molar-refractivity contribution in [2.45, 2.75) is 25.8 Å². The van der Waals surface area contributed by atoms with Crippen molar-refractivity contribution >= 4 is 34.1 Å². The summed E-state index contributed by atoms with van der Waals surface area (Å²) >= 11 is 6.07. The molecule has 0 saturated heterocycles. The molecule has 2 aromatic carbocycles. The van der Waals surface area contributed by atoms with Crippen molar-refractivity contribution in [2.75, 3.05) is 12.0 Å². The van der Waals surface area contributed by atoms with E-state index >= 15 is 0 Å². The molecule has 134 valence electrons. The molecule has 26 heavy (non-hydrogen) atoms. The summed E-state index contributed by atoms with van der Waals surface area (Å²) in [6.07, 6.45) is 2.34. The highest BCUT2D eigenvalue weighted by atomic mass is 35.5. The molecular formula is C21H21ClN2O2. The number of aromatic amines is 1. The van der Waals surface area contributed by atoms with E-state index in [1.54, 1.807) is 7.11 Å². The maximum Gasteiger partial charge on any atom is 0.274 e. The fourth-order valence-electron chi connectivity index (χ4n) is 3.42. The molecule has 1 aliphatic carbocycles. The van der Waals surface area contributed by atoms with Crippen molar-refractivity contribution in [2.24, 2.45) is 5.92 Å². The van der Waals surface area contributed by atoms with Gasteiger partial charge < -0.3 is 14.6 Å². The monoisotopic (exact) mass is 368 g/mol. The fraction of sp³-hybridized carbons (Fsp3) is 0.286. The van der Waals surface area contributed by atoms with Crippen molar-refractivity contribution in [1.82, 2.24) is 4.98 Å². The smallest absolute Gasteiger partial charge is 0.274 e. The molecule has 1 amide bonds. The van der Waals surface area contributed by atoms with Gasteiger partial charge in [-0.05, 0) is 74.2 Å². The highest BCUT2D eigenvalue weighted by Crippen LogP contribution is 2.38. The third kappa shape index (κ3) is 3.17. The van der Waals surface area contributed by atoms with Crippen molar-refractivity contribution in [3.05, 3.63) is 59.2 Å². The molecule has 4 nitrogen and oxygen atoms in total. The van der Waals surface area contributed by atoms with E-state index in [-0.39, 0.29) is 11.9 Å². The fourth-order valence-corrected chi connectivity index (χ4v) is 3.60. The molecule has 5 heteroatoms. The Bertz CT molecular complexity index is 944. The minimum absolute atomic E-state index is 0.0260. The van der Waals surface area contributed by atoms with E-state index in [2.05, 4.69) is 11.9 Å². The summed E-state index contributed by atoms with van der Waals surface area (Å²) in [5.74, 6) is 1.31. The lowest BCUT2D eigenvalue weighted by Gasteiger charge is -2.29. The van der Waals surface area contributed by atoms with Crippen LogP contribution in [0.1, 0.15) is 30.3 Å². The Hall–Kier alpha value is -2.46. The summed E-state index contributed by atoms with van der Waals surface area (Å²) < 4.78 is 5.24. The Labute approximate surface area is 157 Å². The maximum atomic E-state index is 13.4. The SMILES string of the molecule is COc1ccc(N(C(=O)c2cc3cc(Cl)ccc3[nH]2)C(C)C2CC2)cc1. The molecule has 0 bridgehead atoms. The van der Waals surface area contributed by atoms with E-state index < -0.39 is 0 Å². The average Bonchev–Trinajstić information content (AvgIpc) is 3.42. The zero-order valence-corrected chi connectivity index (χ0v) is 15.6. The summed E-state index contributed by atoms with van der Waals surface area (Å²) in [7, 11) is 1.64. The van der Waals surface area contributed by atoms with Crippen molar-refractivity contribution < 1.29 is 9.53 Å². The number of amides is 1. The second-order valence-corrected chi connectivity index (χ2v) is 7.30. The number of fused-ring (bicyclic) bond motifs is 1. The topological polar surface area (TPSA) is 45.3 Å². The third-order valence-electron chi connectivity index (χ3n) is 5.09. The van der Waals surface area contributed by atoms with Gasteiger partial charge in [0.2, 0.25) is 0 Å². The van der Waals surface area contributed by atoms with E-state index in [4.69, 9.17) is 16.3 Å². The number of methoxy groups -OCH3 is 1. The van der Waals surface area contributed by atoms with Crippen LogP contribution in [-0.2, 0) is 0 Å². The Morgan fingerprint density at radius 1 is 1.19 bits per heavy atom. The van der Waals surface area contributed by atoms with Crippen molar-refractivity contribution in [1.29, 1.82) is 0 Å². The minimum Gasteiger partial charge on any atom is -0.497 e. The minimum atomic E-state index is -0.0260. The Balaban J connectivity index is 1.72. The molecule has 1 atom stereocenters. The van der Waals surface area contributed by atoms with Crippen LogP contribution in [0.4, 0.5) is 5.69 Å². The third-order valence-corrected chi connectivity index (χ3v) is 5.33. The summed E-state index contributed by atoms with van der Waals surface area (Å²) in [5, 5.41) is 1.60. The quantitative estimate of drug-likeness (QED) is 0.666. The van der Waals surface area contributed by atoms with Gasteiger partial charge in [0.15, 0.2) is 0 Å². The number of rotatable bonds is 5. The molecule has 0 radical (unpaired) electrons. The first-order valence-corrected chi connectivity index (χ1v) is 9.20. The molecule has 1 fully saturated rings. The Morgan fingerprint density at radius 3 is 2.58 bits per heavy atom. The number of H-pyrrole nitrogens is 1. The number of benzene rings is 2. The molecule has 1 unspecified atom stereocenters. The molecule has 1 aromatic heterocycles. The van der Waals surface area contributed by atoms with Crippen LogP contribution < -0.4 is 9.64 Å². The van der Waals surface area contributed by atoms with Gasteiger partial charge in [0.1, 0.15) is 11.4 Å². The van der Waals surface area contributed by atoms with Crippen LogP contribution in [0.5, 0.6) is 5.75 Å². The number of carbonyl (C=O) groups excluding carboxylic acids is 1. The lowest BCUT2D eigenvalue weighted by atomic mass is 10.1. The summed E-state index contributed by atoms with van der Waals surface area (Å²) in [4.78, 5) is 18.5. The summed E-state index contributed by atoms with van der Waals surface area (Å²) in [6, 6.07) is 15.3. The molecule has 0 spiro atoms. The van der Waals surface area contributed by atoms with Gasteiger partial charge >= 0.3 is 0 Å². The molecule has 3 aromatic rings. The Morgan fingerprint density at radius 2 is 1.92 bits per heavy atom. The number of halogens is 1. The largest absolute Gasteiger partial charge is 0.497 e. The van der Waals surface area contributed by atoms with Crippen molar-refractivity contribution in [3.63, 3.8) is 0 Å². The molecular weight excluding hydrogens is 348 g/mol. The van der Waals surface area contributed by atoms with Gasteiger partial charge in [0, 0.05) is 27.7 Å². The van der Waals surface area contributed by atoms with E-state index in [1.807, 2.05) is 53.4 Å². The zero-order valence-electron chi connectivity index (χ0n) is 14.8. The predicted molar refractivity (Wildman–Crippen MR) is 105 cm³/mol. The van der Waals surface area contributed by atoms with Crippen molar-refractivity contribution in [3.8, 4) is 5.75 Å². The van der Waals surface area contributed by atoms with Gasteiger partial charge in [0.05, 0.1) is 7.11 Å². The first-order valence-electron chi connectivity index (χ1n) is 8.82. The van der Waals surface area contributed by atoms with Crippen LogP contribution in [0.2, 0.25) is 5.02 Å². The molecule has 0 aliphatic heterocycles. The summed E-state index contributed by atoms with van der Waals surface area (Å²) in [5.41, 5.74) is 2.36. The number of hydrogen-bond acceptors (Lipinski definition) is 2.